The molecule has 2 atom stereocenters. The van der Waals surface area contributed by atoms with Crippen LogP contribution in [-0.4, -0.2) is 18.9 Å². The maximum atomic E-state index is 10.8. The van der Waals surface area contributed by atoms with Gasteiger partial charge in [-0.25, -0.2) is 0 Å². The highest BCUT2D eigenvalue weighted by molar-refractivity contribution is 5.79. The van der Waals surface area contributed by atoms with E-state index in [0.717, 1.165) is 13.1 Å². The van der Waals surface area contributed by atoms with E-state index in [1.807, 2.05) is 0 Å². The Labute approximate surface area is 55.6 Å². The molecule has 1 aliphatic rings. The second-order valence-electron chi connectivity index (χ2n) is 2.85. The molecule has 1 N–H and O–H groups in total. The van der Waals surface area contributed by atoms with Crippen molar-refractivity contribution < 1.29 is 4.79 Å². The Kier molecular flexibility index (Phi) is 1.86. The Morgan fingerprint density at radius 2 is 2.22 bits per heavy atom. The Morgan fingerprint density at radius 3 is 2.44 bits per heavy atom. The number of rotatable bonds is 1. The van der Waals surface area contributed by atoms with Crippen molar-refractivity contribution in [1.82, 2.24) is 5.32 Å². The van der Waals surface area contributed by atoms with Crippen LogP contribution < -0.4 is 5.32 Å². The molecule has 52 valence electrons. The molecule has 1 aliphatic heterocycles. The number of hydrogen-bond donors (Lipinski definition) is 1. The first-order valence-corrected chi connectivity index (χ1v) is 3.43. The van der Waals surface area contributed by atoms with Crippen LogP contribution in [-0.2, 0) is 4.79 Å². The molecule has 1 heterocycles. The summed E-state index contributed by atoms with van der Waals surface area (Å²) in [6.45, 7) is 5.68. The molecule has 9 heavy (non-hydrogen) atoms. The SMILES string of the molecule is CC(=O)C1CNCC1C. The highest BCUT2D eigenvalue weighted by Gasteiger charge is 2.26. The van der Waals surface area contributed by atoms with E-state index in [4.69, 9.17) is 0 Å². The molecule has 1 rings (SSSR count). The smallest absolute Gasteiger partial charge is 0.134 e. The van der Waals surface area contributed by atoms with Crippen LogP contribution in [0.4, 0.5) is 0 Å². The molecular weight excluding hydrogens is 114 g/mol. The van der Waals surface area contributed by atoms with Gasteiger partial charge < -0.3 is 5.32 Å². The molecule has 1 fully saturated rings. The van der Waals surface area contributed by atoms with Gasteiger partial charge in [-0.1, -0.05) is 6.92 Å². The van der Waals surface area contributed by atoms with Crippen LogP contribution in [0.25, 0.3) is 0 Å². The third kappa shape index (κ3) is 1.30. The summed E-state index contributed by atoms with van der Waals surface area (Å²) in [5.41, 5.74) is 0. The van der Waals surface area contributed by atoms with Crippen molar-refractivity contribution >= 4 is 5.78 Å². The maximum absolute atomic E-state index is 10.8. The zero-order chi connectivity index (χ0) is 6.85. The molecule has 0 aromatic rings. The molecule has 0 radical (unpaired) electrons. The van der Waals surface area contributed by atoms with Crippen molar-refractivity contribution in [3.63, 3.8) is 0 Å². The minimum Gasteiger partial charge on any atom is -0.316 e. The van der Waals surface area contributed by atoms with Gasteiger partial charge in [0.2, 0.25) is 0 Å². The standard InChI is InChI=1S/C7H13NO/c1-5-3-8-4-7(5)6(2)9/h5,7-8H,3-4H2,1-2H3. The quantitative estimate of drug-likeness (QED) is 0.553. The van der Waals surface area contributed by atoms with Gasteiger partial charge in [-0.3, -0.25) is 4.79 Å². The van der Waals surface area contributed by atoms with Crippen LogP contribution in [0, 0.1) is 11.8 Å². The summed E-state index contributed by atoms with van der Waals surface area (Å²) in [5.74, 6) is 1.15. The van der Waals surface area contributed by atoms with Crippen LogP contribution in [0.15, 0.2) is 0 Å². The van der Waals surface area contributed by atoms with Gasteiger partial charge >= 0.3 is 0 Å². The largest absolute Gasteiger partial charge is 0.316 e. The van der Waals surface area contributed by atoms with E-state index in [9.17, 15) is 4.79 Å². The molecule has 2 nitrogen and oxygen atoms in total. The molecule has 0 aliphatic carbocycles. The fourth-order valence-corrected chi connectivity index (χ4v) is 1.35. The highest BCUT2D eigenvalue weighted by Crippen LogP contribution is 2.15. The summed E-state index contributed by atoms with van der Waals surface area (Å²) in [5, 5.41) is 3.18. The molecule has 0 spiro atoms. The molecule has 1 saturated heterocycles. The predicted molar refractivity (Wildman–Crippen MR) is 36.2 cm³/mol. The summed E-state index contributed by atoms with van der Waals surface area (Å²) in [7, 11) is 0. The number of carbonyl (C=O) groups is 1. The first-order chi connectivity index (χ1) is 4.22. The lowest BCUT2D eigenvalue weighted by Gasteiger charge is -2.07. The first kappa shape index (κ1) is 6.75. The van der Waals surface area contributed by atoms with Gasteiger partial charge in [0.05, 0.1) is 0 Å². The number of Topliss-reactive ketones (excluding diaryl/α,β-unsaturated/α-hetero) is 1. The second kappa shape index (κ2) is 2.48. The average molecular weight is 127 g/mol. The zero-order valence-electron chi connectivity index (χ0n) is 5.98. The van der Waals surface area contributed by atoms with Gasteiger partial charge in [0.15, 0.2) is 0 Å². The fraction of sp³-hybridized carbons (Fsp3) is 0.857. The first-order valence-electron chi connectivity index (χ1n) is 3.43. The van der Waals surface area contributed by atoms with E-state index >= 15 is 0 Å². The van der Waals surface area contributed by atoms with E-state index in [2.05, 4.69) is 12.2 Å². The van der Waals surface area contributed by atoms with Crippen LogP contribution >= 0.6 is 0 Å². The lowest BCUT2D eigenvalue weighted by molar-refractivity contribution is -0.121. The minimum absolute atomic E-state index is 0.282. The Morgan fingerprint density at radius 1 is 1.56 bits per heavy atom. The summed E-state index contributed by atoms with van der Waals surface area (Å²) in [6.07, 6.45) is 0. The normalized spacial score (nSPS) is 34.9. The average Bonchev–Trinajstić information content (AvgIpc) is 2.13. The molecule has 2 heteroatoms. The third-order valence-electron chi connectivity index (χ3n) is 2.04. The van der Waals surface area contributed by atoms with Gasteiger partial charge in [-0.2, -0.15) is 0 Å². The summed E-state index contributed by atoms with van der Waals surface area (Å²) >= 11 is 0. The van der Waals surface area contributed by atoms with E-state index in [0.29, 0.717) is 11.7 Å². The van der Waals surface area contributed by atoms with E-state index in [-0.39, 0.29) is 5.92 Å². The van der Waals surface area contributed by atoms with Gasteiger partial charge in [0.25, 0.3) is 0 Å². The van der Waals surface area contributed by atoms with Crippen molar-refractivity contribution in [2.24, 2.45) is 11.8 Å². The number of carbonyl (C=O) groups excluding carboxylic acids is 1. The topological polar surface area (TPSA) is 29.1 Å². The number of ketones is 1. The molecule has 0 amide bonds. The third-order valence-corrected chi connectivity index (χ3v) is 2.04. The Bertz CT molecular complexity index is 122. The highest BCUT2D eigenvalue weighted by atomic mass is 16.1. The van der Waals surface area contributed by atoms with Crippen LogP contribution in [0.1, 0.15) is 13.8 Å². The summed E-state index contributed by atoms with van der Waals surface area (Å²) < 4.78 is 0. The second-order valence-corrected chi connectivity index (χ2v) is 2.85. The van der Waals surface area contributed by atoms with E-state index < -0.39 is 0 Å². The summed E-state index contributed by atoms with van der Waals surface area (Å²) in [4.78, 5) is 10.8. The van der Waals surface area contributed by atoms with Crippen molar-refractivity contribution in [1.29, 1.82) is 0 Å². The van der Waals surface area contributed by atoms with Crippen LogP contribution in [0.2, 0.25) is 0 Å². The molecule has 0 saturated carbocycles. The van der Waals surface area contributed by atoms with Crippen molar-refractivity contribution in [3.8, 4) is 0 Å². The van der Waals surface area contributed by atoms with Crippen LogP contribution in [0.5, 0.6) is 0 Å². The Hall–Kier alpha value is -0.370. The number of hydrogen-bond acceptors (Lipinski definition) is 2. The van der Waals surface area contributed by atoms with Gasteiger partial charge in [-0.05, 0) is 19.4 Å². The molecule has 0 bridgehead atoms. The van der Waals surface area contributed by atoms with Gasteiger partial charge in [0.1, 0.15) is 5.78 Å². The molecule has 0 aromatic heterocycles. The predicted octanol–water partition coefficient (Wildman–Crippen LogP) is 0.431. The van der Waals surface area contributed by atoms with Crippen molar-refractivity contribution in [3.05, 3.63) is 0 Å². The van der Waals surface area contributed by atoms with E-state index in [1.165, 1.54) is 0 Å². The zero-order valence-corrected chi connectivity index (χ0v) is 5.98. The van der Waals surface area contributed by atoms with Gasteiger partial charge in [-0.15, -0.1) is 0 Å². The molecular formula is C7H13NO. The minimum atomic E-state index is 0.282. The maximum Gasteiger partial charge on any atom is 0.134 e. The van der Waals surface area contributed by atoms with Crippen molar-refractivity contribution in [2.75, 3.05) is 13.1 Å². The monoisotopic (exact) mass is 127 g/mol. The lowest BCUT2D eigenvalue weighted by atomic mass is 9.95. The fourth-order valence-electron chi connectivity index (χ4n) is 1.35. The Balaban J connectivity index is 2.49. The molecule has 2 unspecified atom stereocenters. The number of nitrogens with one attached hydrogen (secondary N) is 1. The van der Waals surface area contributed by atoms with Gasteiger partial charge in [0, 0.05) is 12.5 Å². The molecule has 0 aromatic carbocycles. The lowest BCUT2D eigenvalue weighted by Crippen LogP contribution is -2.17. The van der Waals surface area contributed by atoms with E-state index in [1.54, 1.807) is 6.92 Å². The summed E-state index contributed by atoms with van der Waals surface area (Å²) in [6, 6.07) is 0. The van der Waals surface area contributed by atoms with Crippen molar-refractivity contribution in [2.45, 2.75) is 13.8 Å². The van der Waals surface area contributed by atoms with Crippen LogP contribution in [0.3, 0.4) is 0 Å².